The second-order valence-electron chi connectivity index (χ2n) is 9.31. The Morgan fingerprint density at radius 3 is 2.48 bits per heavy atom. The lowest BCUT2D eigenvalue weighted by molar-refractivity contribution is -0.124. The number of aryl methyl sites for hydroxylation is 1. The molecule has 6 nitrogen and oxygen atoms in total. The standard InChI is InChI=1S/C25H36N4O2/c1-6-19(5)26-24(30)9-10-25(31)27-20-7-8-22-21(13-20)18(4)12-23(28-22)29-14-16(2)11-17(3)15-29/h7-8,12-13,16-17,19H,6,9-11,14-15H2,1-5H3,(H,26,30)(H,27,31)/t16-,17+,19-/m1/s1. The number of nitrogens with one attached hydrogen (secondary N) is 2. The summed E-state index contributed by atoms with van der Waals surface area (Å²) < 4.78 is 0. The molecular formula is C25H36N4O2. The zero-order chi connectivity index (χ0) is 22.5. The first-order valence-corrected chi connectivity index (χ1v) is 11.5. The van der Waals surface area contributed by atoms with Crippen LogP contribution in [0.3, 0.4) is 0 Å². The summed E-state index contributed by atoms with van der Waals surface area (Å²) in [6.45, 7) is 12.8. The molecular weight excluding hydrogens is 388 g/mol. The van der Waals surface area contributed by atoms with Crippen LogP contribution in [0.1, 0.15) is 58.9 Å². The molecule has 1 fully saturated rings. The monoisotopic (exact) mass is 424 g/mol. The lowest BCUT2D eigenvalue weighted by Gasteiger charge is -2.36. The molecule has 0 saturated carbocycles. The van der Waals surface area contributed by atoms with Gasteiger partial charge in [0, 0.05) is 43.0 Å². The van der Waals surface area contributed by atoms with Crippen molar-refractivity contribution in [3.63, 3.8) is 0 Å². The molecule has 168 valence electrons. The number of nitrogens with zero attached hydrogens (tertiary/aromatic N) is 2. The number of aromatic nitrogens is 1. The largest absolute Gasteiger partial charge is 0.356 e. The number of rotatable bonds is 7. The molecule has 2 heterocycles. The van der Waals surface area contributed by atoms with Crippen LogP contribution in [0.15, 0.2) is 24.3 Å². The molecule has 0 radical (unpaired) electrons. The van der Waals surface area contributed by atoms with Crippen molar-refractivity contribution >= 4 is 34.2 Å². The number of carbonyl (C=O) groups excluding carboxylic acids is 2. The Balaban J connectivity index is 1.66. The number of fused-ring (bicyclic) bond motifs is 1. The van der Waals surface area contributed by atoms with Crippen molar-refractivity contribution in [1.82, 2.24) is 10.3 Å². The maximum absolute atomic E-state index is 12.3. The fourth-order valence-electron chi connectivity index (χ4n) is 4.37. The molecule has 31 heavy (non-hydrogen) atoms. The lowest BCUT2D eigenvalue weighted by Crippen LogP contribution is -2.39. The van der Waals surface area contributed by atoms with Gasteiger partial charge in [-0.25, -0.2) is 4.98 Å². The molecule has 0 unspecified atom stereocenters. The van der Waals surface area contributed by atoms with E-state index >= 15 is 0 Å². The highest BCUT2D eigenvalue weighted by Crippen LogP contribution is 2.29. The smallest absolute Gasteiger partial charge is 0.224 e. The zero-order valence-electron chi connectivity index (χ0n) is 19.5. The van der Waals surface area contributed by atoms with E-state index in [0.717, 1.165) is 47.5 Å². The molecule has 0 aliphatic carbocycles. The Labute approximate surface area is 185 Å². The molecule has 2 amide bonds. The zero-order valence-corrected chi connectivity index (χ0v) is 19.5. The van der Waals surface area contributed by atoms with Crippen LogP contribution in [0, 0.1) is 18.8 Å². The summed E-state index contributed by atoms with van der Waals surface area (Å²) in [5.74, 6) is 2.14. The number of anilines is 2. The number of hydrogen-bond acceptors (Lipinski definition) is 4. The maximum atomic E-state index is 12.3. The minimum Gasteiger partial charge on any atom is -0.356 e. The summed E-state index contributed by atoms with van der Waals surface area (Å²) in [7, 11) is 0. The molecule has 3 rings (SSSR count). The summed E-state index contributed by atoms with van der Waals surface area (Å²) >= 11 is 0. The van der Waals surface area contributed by atoms with Crippen LogP contribution in [-0.4, -0.2) is 35.9 Å². The van der Waals surface area contributed by atoms with Crippen molar-refractivity contribution in [1.29, 1.82) is 0 Å². The van der Waals surface area contributed by atoms with Gasteiger partial charge < -0.3 is 15.5 Å². The average Bonchev–Trinajstić information content (AvgIpc) is 2.71. The van der Waals surface area contributed by atoms with Crippen LogP contribution in [-0.2, 0) is 9.59 Å². The Hall–Kier alpha value is -2.63. The topological polar surface area (TPSA) is 74.3 Å². The van der Waals surface area contributed by atoms with Crippen molar-refractivity contribution in [3.8, 4) is 0 Å². The highest BCUT2D eigenvalue weighted by Gasteiger charge is 2.23. The highest BCUT2D eigenvalue weighted by atomic mass is 16.2. The van der Waals surface area contributed by atoms with Crippen LogP contribution in [0.5, 0.6) is 0 Å². The van der Waals surface area contributed by atoms with Crippen molar-refractivity contribution in [2.45, 2.75) is 66.3 Å². The van der Waals surface area contributed by atoms with E-state index in [4.69, 9.17) is 4.98 Å². The van der Waals surface area contributed by atoms with Gasteiger partial charge in [0.15, 0.2) is 0 Å². The van der Waals surface area contributed by atoms with Gasteiger partial charge in [0.2, 0.25) is 11.8 Å². The van der Waals surface area contributed by atoms with Gasteiger partial charge in [-0.2, -0.15) is 0 Å². The van der Waals surface area contributed by atoms with E-state index in [1.165, 1.54) is 6.42 Å². The van der Waals surface area contributed by atoms with Crippen molar-refractivity contribution in [2.24, 2.45) is 11.8 Å². The first kappa shape index (κ1) is 23.0. The van der Waals surface area contributed by atoms with Crippen LogP contribution < -0.4 is 15.5 Å². The van der Waals surface area contributed by atoms with Crippen molar-refractivity contribution in [3.05, 3.63) is 29.8 Å². The van der Waals surface area contributed by atoms with E-state index in [0.29, 0.717) is 11.8 Å². The molecule has 1 aromatic heterocycles. The molecule has 1 aliphatic heterocycles. The van der Waals surface area contributed by atoms with Crippen LogP contribution in [0.2, 0.25) is 0 Å². The second-order valence-corrected chi connectivity index (χ2v) is 9.31. The number of amides is 2. The summed E-state index contributed by atoms with van der Waals surface area (Å²) in [6, 6.07) is 8.11. The highest BCUT2D eigenvalue weighted by molar-refractivity contribution is 5.96. The van der Waals surface area contributed by atoms with Crippen LogP contribution in [0.4, 0.5) is 11.5 Å². The van der Waals surface area contributed by atoms with Crippen LogP contribution in [0.25, 0.3) is 10.9 Å². The van der Waals surface area contributed by atoms with Gasteiger partial charge in [0.1, 0.15) is 5.82 Å². The number of pyridine rings is 1. The van der Waals surface area contributed by atoms with E-state index in [1.807, 2.05) is 32.0 Å². The molecule has 2 aromatic rings. The molecule has 0 bridgehead atoms. The van der Waals surface area contributed by atoms with Gasteiger partial charge in [-0.1, -0.05) is 20.8 Å². The third kappa shape index (κ3) is 6.18. The van der Waals surface area contributed by atoms with E-state index in [9.17, 15) is 9.59 Å². The summed E-state index contributed by atoms with van der Waals surface area (Å²) in [5, 5.41) is 6.84. The maximum Gasteiger partial charge on any atom is 0.224 e. The average molecular weight is 425 g/mol. The van der Waals surface area contributed by atoms with Gasteiger partial charge in [0.05, 0.1) is 5.52 Å². The second kappa shape index (κ2) is 10.1. The van der Waals surface area contributed by atoms with E-state index < -0.39 is 0 Å². The molecule has 3 atom stereocenters. The molecule has 0 spiro atoms. The minimum absolute atomic E-state index is 0.0862. The molecule has 2 N–H and O–H groups in total. The van der Waals surface area contributed by atoms with Gasteiger partial charge in [-0.15, -0.1) is 0 Å². The fourth-order valence-corrected chi connectivity index (χ4v) is 4.37. The Bertz CT molecular complexity index is 933. The summed E-state index contributed by atoms with van der Waals surface area (Å²) in [6.07, 6.45) is 2.51. The predicted octanol–water partition coefficient (Wildman–Crippen LogP) is 4.66. The molecule has 1 aromatic carbocycles. The quantitative estimate of drug-likeness (QED) is 0.678. The first-order valence-electron chi connectivity index (χ1n) is 11.5. The molecule has 6 heteroatoms. The Morgan fingerprint density at radius 1 is 1.13 bits per heavy atom. The van der Waals surface area contributed by atoms with E-state index in [1.54, 1.807) is 0 Å². The third-order valence-electron chi connectivity index (χ3n) is 6.08. The minimum atomic E-state index is -0.155. The first-order chi connectivity index (χ1) is 14.7. The fraction of sp³-hybridized carbons (Fsp3) is 0.560. The molecule has 1 aliphatic rings. The Morgan fingerprint density at radius 2 is 1.81 bits per heavy atom. The van der Waals surface area contributed by atoms with Gasteiger partial charge in [-0.3, -0.25) is 9.59 Å². The lowest BCUT2D eigenvalue weighted by atomic mass is 9.92. The number of piperidine rings is 1. The summed E-state index contributed by atoms with van der Waals surface area (Å²) in [4.78, 5) is 31.5. The van der Waals surface area contributed by atoms with E-state index in [-0.39, 0.29) is 30.7 Å². The number of benzene rings is 1. The van der Waals surface area contributed by atoms with E-state index in [2.05, 4.69) is 42.4 Å². The summed E-state index contributed by atoms with van der Waals surface area (Å²) in [5.41, 5.74) is 2.82. The van der Waals surface area contributed by atoms with Crippen molar-refractivity contribution in [2.75, 3.05) is 23.3 Å². The Kier molecular flexibility index (Phi) is 7.52. The number of carbonyl (C=O) groups is 2. The van der Waals surface area contributed by atoms with Crippen molar-refractivity contribution < 1.29 is 9.59 Å². The molecule has 1 saturated heterocycles. The predicted molar refractivity (Wildman–Crippen MR) is 127 cm³/mol. The normalized spacial score (nSPS) is 19.8. The third-order valence-corrected chi connectivity index (χ3v) is 6.08. The number of hydrogen-bond donors (Lipinski definition) is 2. The van der Waals surface area contributed by atoms with Gasteiger partial charge in [-0.05, 0) is 68.4 Å². The van der Waals surface area contributed by atoms with Gasteiger partial charge >= 0.3 is 0 Å². The van der Waals surface area contributed by atoms with Gasteiger partial charge in [0.25, 0.3) is 0 Å². The van der Waals surface area contributed by atoms with Crippen LogP contribution >= 0.6 is 0 Å². The SMILES string of the molecule is CC[C@@H](C)NC(=O)CCC(=O)Nc1ccc2nc(N3C[C@H](C)C[C@H](C)C3)cc(C)c2c1.